The SMILES string of the molecule is COCCONC(=O)CSc1nncn1C(C)C. The smallest absolute Gasteiger partial charge is 0.254 e. The maximum atomic E-state index is 11.4. The Morgan fingerprint density at radius 2 is 2.33 bits per heavy atom. The molecule has 0 bridgehead atoms. The number of methoxy groups -OCH3 is 1. The maximum absolute atomic E-state index is 11.4. The molecule has 18 heavy (non-hydrogen) atoms. The molecule has 102 valence electrons. The number of carbonyl (C=O) groups is 1. The first-order valence-corrected chi connectivity index (χ1v) is 6.55. The molecule has 0 saturated heterocycles. The molecular weight excluding hydrogens is 256 g/mol. The van der Waals surface area contributed by atoms with Crippen LogP contribution >= 0.6 is 11.8 Å². The van der Waals surface area contributed by atoms with Gasteiger partial charge in [-0.25, -0.2) is 5.48 Å². The summed E-state index contributed by atoms with van der Waals surface area (Å²) in [7, 11) is 1.57. The fourth-order valence-electron chi connectivity index (χ4n) is 1.11. The zero-order chi connectivity index (χ0) is 13.4. The van der Waals surface area contributed by atoms with Crippen LogP contribution in [0.25, 0.3) is 0 Å². The van der Waals surface area contributed by atoms with E-state index in [1.165, 1.54) is 11.8 Å². The van der Waals surface area contributed by atoms with Gasteiger partial charge in [0, 0.05) is 13.2 Å². The largest absolute Gasteiger partial charge is 0.382 e. The molecule has 1 aromatic heterocycles. The molecule has 0 aliphatic carbocycles. The van der Waals surface area contributed by atoms with E-state index >= 15 is 0 Å². The van der Waals surface area contributed by atoms with Crippen molar-refractivity contribution in [3.63, 3.8) is 0 Å². The zero-order valence-corrected chi connectivity index (χ0v) is 11.6. The molecule has 0 unspecified atom stereocenters. The topological polar surface area (TPSA) is 78.3 Å². The molecule has 1 aromatic rings. The highest BCUT2D eigenvalue weighted by Crippen LogP contribution is 2.18. The molecule has 0 aliphatic rings. The summed E-state index contributed by atoms with van der Waals surface area (Å²) in [6.45, 7) is 4.83. The van der Waals surface area contributed by atoms with E-state index in [1.54, 1.807) is 13.4 Å². The normalized spacial score (nSPS) is 10.9. The second-order valence-corrected chi connectivity index (χ2v) is 4.71. The molecule has 1 amide bonds. The number of carbonyl (C=O) groups excluding carboxylic acids is 1. The van der Waals surface area contributed by atoms with Gasteiger partial charge < -0.3 is 9.30 Å². The number of ether oxygens (including phenoxy) is 1. The van der Waals surface area contributed by atoms with Gasteiger partial charge in [-0.3, -0.25) is 9.63 Å². The van der Waals surface area contributed by atoms with E-state index in [4.69, 9.17) is 9.57 Å². The van der Waals surface area contributed by atoms with Crippen LogP contribution in [-0.2, 0) is 14.4 Å². The Balaban J connectivity index is 2.27. The highest BCUT2D eigenvalue weighted by atomic mass is 32.2. The van der Waals surface area contributed by atoms with E-state index in [2.05, 4.69) is 15.7 Å². The fourth-order valence-corrected chi connectivity index (χ4v) is 1.94. The van der Waals surface area contributed by atoms with Gasteiger partial charge in [0.2, 0.25) is 0 Å². The van der Waals surface area contributed by atoms with Crippen molar-refractivity contribution in [2.75, 3.05) is 26.1 Å². The number of rotatable bonds is 8. The Morgan fingerprint density at radius 3 is 3.00 bits per heavy atom. The molecule has 0 aliphatic heterocycles. The van der Waals surface area contributed by atoms with Gasteiger partial charge in [-0.1, -0.05) is 11.8 Å². The van der Waals surface area contributed by atoms with Crippen LogP contribution in [0.1, 0.15) is 19.9 Å². The van der Waals surface area contributed by atoms with Crippen molar-refractivity contribution < 1.29 is 14.4 Å². The molecule has 8 heteroatoms. The van der Waals surface area contributed by atoms with Crippen molar-refractivity contribution in [1.29, 1.82) is 0 Å². The van der Waals surface area contributed by atoms with Crippen molar-refractivity contribution in [2.24, 2.45) is 0 Å². The van der Waals surface area contributed by atoms with Crippen molar-refractivity contribution in [3.05, 3.63) is 6.33 Å². The minimum absolute atomic E-state index is 0.214. The summed E-state index contributed by atoms with van der Waals surface area (Å²) in [4.78, 5) is 16.3. The van der Waals surface area contributed by atoms with Gasteiger partial charge in [0.05, 0.1) is 19.0 Å². The van der Waals surface area contributed by atoms with Crippen molar-refractivity contribution in [2.45, 2.75) is 25.0 Å². The minimum atomic E-state index is -0.214. The maximum Gasteiger partial charge on any atom is 0.254 e. The fraction of sp³-hybridized carbons (Fsp3) is 0.700. The zero-order valence-electron chi connectivity index (χ0n) is 10.8. The number of thioether (sulfide) groups is 1. The number of nitrogens with one attached hydrogen (secondary N) is 1. The summed E-state index contributed by atoms with van der Waals surface area (Å²) in [5.74, 6) is 0.0210. The van der Waals surface area contributed by atoms with E-state index in [-0.39, 0.29) is 17.7 Å². The van der Waals surface area contributed by atoms with Crippen LogP contribution in [0, 0.1) is 0 Å². The molecule has 1 heterocycles. The lowest BCUT2D eigenvalue weighted by Crippen LogP contribution is -2.27. The monoisotopic (exact) mass is 274 g/mol. The van der Waals surface area contributed by atoms with Crippen LogP contribution in [0.2, 0.25) is 0 Å². The Hall–Kier alpha value is -1.12. The molecule has 0 aromatic carbocycles. The first-order chi connectivity index (χ1) is 8.65. The predicted octanol–water partition coefficient (Wildman–Crippen LogP) is 0.645. The molecule has 0 spiro atoms. The quantitative estimate of drug-likeness (QED) is 0.426. The van der Waals surface area contributed by atoms with Crippen molar-refractivity contribution in [3.8, 4) is 0 Å². The van der Waals surface area contributed by atoms with Gasteiger partial charge in [0.25, 0.3) is 5.91 Å². The third-order valence-electron chi connectivity index (χ3n) is 2.00. The van der Waals surface area contributed by atoms with E-state index in [9.17, 15) is 4.79 Å². The minimum Gasteiger partial charge on any atom is -0.382 e. The molecule has 0 radical (unpaired) electrons. The lowest BCUT2D eigenvalue weighted by atomic mass is 10.4. The molecule has 7 nitrogen and oxygen atoms in total. The van der Waals surface area contributed by atoms with E-state index in [1.807, 2.05) is 18.4 Å². The van der Waals surface area contributed by atoms with E-state index in [0.29, 0.717) is 13.2 Å². The second kappa shape index (κ2) is 8.06. The van der Waals surface area contributed by atoms with Gasteiger partial charge in [-0.05, 0) is 13.8 Å². The van der Waals surface area contributed by atoms with Gasteiger partial charge in [0.15, 0.2) is 5.16 Å². The summed E-state index contributed by atoms with van der Waals surface area (Å²) >= 11 is 1.32. The number of hydrogen-bond acceptors (Lipinski definition) is 6. The number of aromatic nitrogens is 3. The number of hydrogen-bond donors (Lipinski definition) is 1. The molecule has 1 rings (SSSR count). The predicted molar refractivity (Wildman–Crippen MR) is 67.1 cm³/mol. The number of hydroxylamine groups is 1. The Kier molecular flexibility index (Phi) is 6.69. The second-order valence-electron chi connectivity index (χ2n) is 3.77. The van der Waals surface area contributed by atoms with Gasteiger partial charge >= 0.3 is 0 Å². The Bertz CT molecular complexity index is 370. The standard InChI is InChI=1S/C10H18N4O3S/c1-8(2)14-7-11-12-10(14)18-6-9(15)13-17-5-4-16-3/h7-8H,4-6H2,1-3H3,(H,13,15). The van der Waals surface area contributed by atoms with Crippen LogP contribution < -0.4 is 5.48 Å². The van der Waals surface area contributed by atoms with Crippen LogP contribution in [0.3, 0.4) is 0 Å². The average Bonchev–Trinajstić information content (AvgIpc) is 2.80. The van der Waals surface area contributed by atoms with Crippen LogP contribution in [0.5, 0.6) is 0 Å². The summed E-state index contributed by atoms with van der Waals surface area (Å²) in [5, 5.41) is 8.49. The van der Waals surface area contributed by atoms with Crippen LogP contribution in [0.4, 0.5) is 0 Å². The van der Waals surface area contributed by atoms with Gasteiger partial charge in [0.1, 0.15) is 6.33 Å². The molecule has 1 N–H and O–H groups in total. The van der Waals surface area contributed by atoms with Crippen LogP contribution in [0.15, 0.2) is 11.5 Å². The Morgan fingerprint density at radius 1 is 1.56 bits per heavy atom. The summed E-state index contributed by atoms with van der Waals surface area (Å²) < 4.78 is 6.69. The lowest BCUT2D eigenvalue weighted by molar-refractivity contribution is -0.131. The van der Waals surface area contributed by atoms with Gasteiger partial charge in [-0.2, -0.15) is 0 Å². The molecule has 0 saturated carbocycles. The first-order valence-electron chi connectivity index (χ1n) is 5.57. The summed E-state index contributed by atoms with van der Waals surface area (Å²) in [6.07, 6.45) is 1.65. The highest BCUT2D eigenvalue weighted by Gasteiger charge is 2.10. The van der Waals surface area contributed by atoms with Gasteiger partial charge in [-0.15, -0.1) is 10.2 Å². The summed E-state index contributed by atoms with van der Waals surface area (Å²) in [5.41, 5.74) is 2.33. The summed E-state index contributed by atoms with van der Waals surface area (Å²) in [6, 6.07) is 0.267. The van der Waals surface area contributed by atoms with Crippen molar-refractivity contribution >= 4 is 17.7 Å². The van der Waals surface area contributed by atoms with E-state index in [0.717, 1.165) is 5.16 Å². The van der Waals surface area contributed by atoms with E-state index < -0.39 is 0 Å². The highest BCUT2D eigenvalue weighted by molar-refractivity contribution is 7.99. The third kappa shape index (κ3) is 5.03. The molecule has 0 atom stereocenters. The Labute approximate surface area is 110 Å². The van der Waals surface area contributed by atoms with Crippen LogP contribution in [-0.4, -0.2) is 46.7 Å². The van der Waals surface area contributed by atoms with Crippen molar-refractivity contribution in [1.82, 2.24) is 20.2 Å². The lowest BCUT2D eigenvalue weighted by Gasteiger charge is -2.09. The number of amides is 1. The molecular formula is C10H18N4O3S. The average molecular weight is 274 g/mol. The molecule has 0 fully saturated rings. The first kappa shape index (κ1) is 14.9. The third-order valence-corrected chi connectivity index (χ3v) is 2.96. The number of nitrogens with zero attached hydrogens (tertiary/aromatic N) is 3.